The van der Waals surface area contributed by atoms with Gasteiger partial charge < -0.3 is 5.73 Å². The number of nitrogens with zero attached hydrogens (tertiary/aromatic N) is 1. The minimum Gasteiger partial charge on any atom is -0.328 e. The molecule has 1 aromatic carbocycles. The van der Waals surface area contributed by atoms with Crippen LogP contribution in [0.15, 0.2) is 29.2 Å². The molecular formula is C12H17FN2O2S. The third-order valence-corrected chi connectivity index (χ3v) is 5.17. The lowest BCUT2D eigenvalue weighted by molar-refractivity contribution is 0.227. The zero-order valence-electron chi connectivity index (χ0n) is 10.2. The van der Waals surface area contributed by atoms with Crippen molar-refractivity contribution in [1.82, 2.24) is 4.31 Å². The quantitative estimate of drug-likeness (QED) is 0.895. The molecule has 0 radical (unpaired) electrons. The molecule has 1 aromatic rings. The lowest BCUT2D eigenvalue weighted by Gasteiger charge is -2.34. The van der Waals surface area contributed by atoms with E-state index in [1.807, 2.05) is 0 Å². The average molecular weight is 272 g/mol. The first kappa shape index (κ1) is 13.5. The van der Waals surface area contributed by atoms with Gasteiger partial charge in [-0.15, -0.1) is 0 Å². The number of benzene rings is 1. The van der Waals surface area contributed by atoms with Crippen molar-refractivity contribution < 1.29 is 12.8 Å². The van der Waals surface area contributed by atoms with Crippen LogP contribution in [0.4, 0.5) is 4.39 Å². The fraction of sp³-hybridized carbons (Fsp3) is 0.500. The molecule has 2 N–H and O–H groups in total. The second-order valence-electron chi connectivity index (χ2n) is 4.81. The summed E-state index contributed by atoms with van der Waals surface area (Å²) < 4.78 is 39.1. The van der Waals surface area contributed by atoms with Crippen LogP contribution in [0, 0.1) is 11.7 Å². The van der Waals surface area contributed by atoms with Gasteiger partial charge in [-0.25, -0.2) is 17.1 Å². The molecule has 0 unspecified atom stereocenters. The van der Waals surface area contributed by atoms with Gasteiger partial charge in [-0.1, -0.05) is 12.1 Å². The molecule has 0 heterocycles. The Morgan fingerprint density at radius 1 is 1.39 bits per heavy atom. The van der Waals surface area contributed by atoms with Crippen LogP contribution < -0.4 is 5.73 Å². The maximum Gasteiger partial charge on any atom is 0.245 e. The van der Waals surface area contributed by atoms with E-state index < -0.39 is 15.8 Å². The molecule has 4 nitrogen and oxygen atoms in total. The van der Waals surface area contributed by atoms with Gasteiger partial charge in [0, 0.05) is 19.6 Å². The summed E-state index contributed by atoms with van der Waals surface area (Å²) in [5.41, 5.74) is 5.66. The Kier molecular flexibility index (Phi) is 3.70. The first-order valence-electron chi connectivity index (χ1n) is 5.87. The van der Waals surface area contributed by atoms with E-state index in [0.29, 0.717) is 6.54 Å². The standard InChI is InChI=1S/C12H17FN2O2S/c1-15(8-9-6-10(14)7-9)18(16,17)12-5-3-2-4-11(12)13/h2-5,9-10H,6-8,14H2,1H3. The normalized spacial score (nSPS) is 24.0. The third kappa shape index (κ3) is 2.55. The minimum absolute atomic E-state index is 0.180. The molecule has 18 heavy (non-hydrogen) atoms. The molecule has 0 bridgehead atoms. The molecule has 1 aliphatic rings. The summed E-state index contributed by atoms with van der Waals surface area (Å²) in [6.45, 7) is 0.393. The maximum atomic E-state index is 13.5. The van der Waals surface area contributed by atoms with Gasteiger partial charge in [0.05, 0.1) is 0 Å². The predicted molar refractivity (Wildman–Crippen MR) is 66.9 cm³/mol. The number of hydrogen-bond acceptors (Lipinski definition) is 3. The van der Waals surface area contributed by atoms with E-state index in [1.54, 1.807) is 0 Å². The first-order valence-corrected chi connectivity index (χ1v) is 7.31. The Labute approximate surface area is 107 Å². The van der Waals surface area contributed by atoms with E-state index in [9.17, 15) is 12.8 Å². The molecule has 100 valence electrons. The summed E-state index contributed by atoms with van der Waals surface area (Å²) in [5.74, 6) is -0.429. The zero-order chi connectivity index (χ0) is 13.3. The smallest absolute Gasteiger partial charge is 0.245 e. The lowest BCUT2D eigenvalue weighted by atomic mass is 9.81. The van der Waals surface area contributed by atoms with E-state index in [4.69, 9.17) is 5.73 Å². The van der Waals surface area contributed by atoms with Crippen LogP contribution in [0.5, 0.6) is 0 Å². The Bertz CT molecular complexity index is 527. The average Bonchev–Trinajstić information content (AvgIpc) is 2.27. The second kappa shape index (κ2) is 4.95. The number of rotatable bonds is 4. The van der Waals surface area contributed by atoms with Crippen molar-refractivity contribution in [2.24, 2.45) is 11.7 Å². The van der Waals surface area contributed by atoms with Gasteiger partial charge in [-0.05, 0) is 30.9 Å². The van der Waals surface area contributed by atoms with Gasteiger partial charge in [0.1, 0.15) is 10.7 Å². The van der Waals surface area contributed by atoms with E-state index in [1.165, 1.54) is 29.6 Å². The summed E-state index contributed by atoms with van der Waals surface area (Å²) >= 11 is 0. The van der Waals surface area contributed by atoms with Gasteiger partial charge >= 0.3 is 0 Å². The van der Waals surface area contributed by atoms with Gasteiger partial charge in [-0.3, -0.25) is 0 Å². The van der Waals surface area contributed by atoms with E-state index in [-0.39, 0.29) is 16.9 Å². The predicted octanol–water partition coefficient (Wildman–Crippen LogP) is 1.18. The second-order valence-corrected chi connectivity index (χ2v) is 6.83. The number of halogens is 1. The van der Waals surface area contributed by atoms with Crippen molar-refractivity contribution in [1.29, 1.82) is 0 Å². The van der Waals surface area contributed by atoms with Gasteiger partial charge in [0.25, 0.3) is 0 Å². The summed E-state index contributed by atoms with van der Waals surface area (Å²) in [4.78, 5) is -0.267. The molecule has 2 rings (SSSR count). The van der Waals surface area contributed by atoms with Crippen molar-refractivity contribution in [2.75, 3.05) is 13.6 Å². The number of nitrogens with two attached hydrogens (primary N) is 1. The molecule has 0 saturated heterocycles. The van der Waals surface area contributed by atoms with Crippen molar-refractivity contribution in [3.8, 4) is 0 Å². The van der Waals surface area contributed by atoms with Crippen molar-refractivity contribution in [3.63, 3.8) is 0 Å². The Hall–Kier alpha value is -0.980. The topological polar surface area (TPSA) is 63.4 Å². The van der Waals surface area contributed by atoms with Crippen molar-refractivity contribution in [2.45, 2.75) is 23.8 Å². The number of sulfonamides is 1. The SMILES string of the molecule is CN(CC1CC(N)C1)S(=O)(=O)c1ccccc1F. The van der Waals surface area contributed by atoms with E-state index >= 15 is 0 Å². The maximum absolute atomic E-state index is 13.5. The molecule has 1 saturated carbocycles. The molecular weight excluding hydrogens is 255 g/mol. The zero-order valence-corrected chi connectivity index (χ0v) is 11.0. The lowest BCUT2D eigenvalue weighted by Crippen LogP contribution is -2.43. The molecule has 1 aliphatic carbocycles. The van der Waals surface area contributed by atoms with Crippen LogP contribution in [0.3, 0.4) is 0 Å². The van der Waals surface area contributed by atoms with Crippen molar-refractivity contribution >= 4 is 10.0 Å². The van der Waals surface area contributed by atoms with Crippen LogP contribution in [-0.4, -0.2) is 32.4 Å². The van der Waals surface area contributed by atoms with Crippen LogP contribution in [-0.2, 0) is 10.0 Å². The van der Waals surface area contributed by atoms with Gasteiger partial charge in [-0.2, -0.15) is 0 Å². The molecule has 0 atom stereocenters. The third-order valence-electron chi connectivity index (χ3n) is 3.31. The first-order chi connectivity index (χ1) is 8.41. The molecule has 0 aromatic heterocycles. The number of hydrogen-bond donors (Lipinski definition) is 1. The highest BCUT2D eigenvalue weighted by atomic mass is 32.2. The van der Waals surface area contributed by atoms with Crippen LogP contribution >= 0.6 is 0 Å². The minimum atomic E-state index is -3.74. The highest BCUT2D eigenvalue weighted by molar-refractivity contribution is 7.89. The molecule has 6 heteroatoms. The van der Waals surface area contributed by atoms with Crippen LogP contribution in [0.25, 0.3) is 0 Å². The van der Waals surface area contributed by atoms with Crippen LogP contribution in [0.1, 0.15) is 12.8 Å². The fourth-order valence-corrected chi connectivity index (χ4v) is 3.53. The van der Waals surface area contributed by atoms with E-state index in [0.717, 1.165) is 18.9 Å². The van der Waals surface area contributed by atoms with E-state index in [2.05, 4.69) is 0 Å². The van der Waals surface area contributed by atoms with Crippen molar-refractivity contribution in [3.05, 3.63) is 30.1 Å². The summed E-state index contributed by atoms with van der Waals surface area (Å²) in [5, 5.41) is 0. The highest BCUT2D eigenvalue weighted by Crippen LogP contribution is 2.28. The Morgan fingerprint density at radius 2 is 2.00 bits per heavy atom. The summed E-state index contributed by atoms with van der Waals surface area (Å²) in [6.07, 6.45) is 1.66. The van der Waals surface area contributed by atoms with Gasteiger partial charge in [0.15, 0.2) is 0 Å². The summed E-state index contributed by atoms with van der Waals surface area (Å²) in [6, 6.07) is 5.61. The molecule has 0 aliphatic heterocycles. The Balaban J connectivity index is 2.13. The Morgan fingerprint density at radius 3 is 2.56 bits per heavy atom. The highest BCUT2D eigenvalue weighted by Gasteiger charge is 2.31. The molecule has 0 amide bonds. The van der Waals surface area contributed by atoms with Crippen LogP contribution in [0.2, 0.25) is 0 Å². The van der Waals surface area contributed by atoms with Gasteiger partial charge in [0.2, 0.25) is 10.0 Å². The fourth-order valence-electron chi connectivity index (χ4n) is 2.22. The monoisotopic (exact) mass is 272 g/mol. The summed E-state index contributed by atoms with van der Waals surface area (Å²) in [7, 11) is -2.26. The molecule has 0 spiro atoms. The largest absolute Gasteiger partial charge is 0.328 e. The molecule has 1 fully saturated rings.